The summed E-state index contributed by atoms with van der Waals surface area (Å²) in [6.07, 6.45) is 1.54. The van der Waals surface area contributed by atoms with E-state index in [1.807, 2.05) is 6.07 Å². The first-order chi connectivity index (χ1) is 13.2. The number of nitrogens with zero attached hydrogens (tertiary/aromatic N) is 2. The molecule has 6 nitrogen and oxygen atoms in total. The molecule has 0 spiro atoms. The Balaban J connectivity index is 2.33. The minimum atomic E-state index is -3.78. The quantitative estimate of drug-likeness (QED) is 0.697. The summed E-state index contributed by atoms with van der Waals surface area (Å²) in [5.41, 5.74) is 1.58. The number of carbonyl (C=O) groups is 1. The minimum Gasteiger partial charge on any atom is -0.324 e. The number of sulfonamides is 1. The lowest BCUT2D eigenvalue weighted by Gasteiger charge is -2.30. The summed E-state index contributed by atoms with van der Waals surface area (Å²) in [6, 6.07) is 12.3. The fraction of sp³-hybridized carbons (Fsp3) is 0.263. The van der Waals surface area contributed by atoms with Crippen LogP contribution < -0.4 is 9.62 Å². The fourth-order valence-electron chi connectivity index (χ4n) is 2.71. The molecule has 1 amide bonds. The van der Waals surface area contributed by atoms with Gasteiger partial charge in [0.25, 0.3) is 0 Å². The zero-order valence-corrected chi connectivity index (χ0v) is 17.6. The van der Waals surface area contributed by atoms with Gasteiger partial charge in [-0.25, -0.2) is 8.42 Å². The van der Waals surface area contributed by atoms with Crippen LogP contribution in [-0.4, -0.2) is 26.6 Å². The number of anilines is 2. The molecule has 0 unspecified atom stereocenters. The van der Waals surface area contributed by atoms with Crippen LogP contribution in [0.4, 0.5) is 11.4 Å². The first-order valence-electron chi connectivity index (χ1n) is 8.38. The summed E-state index contributed by atoms with van der Waals surface area (Å²) in [7, 11) is -3.78. The Kier molecular flexibility index (Phi) is 7.30. The predicted molar refractivity (Wildman–Crippen MR) is 112 cm³/mol. The lowest BCUT2D eigenvalue weighted by Crippen LogP contribution is -2.47. The van der Waals surface area contributed by atoms with Crippen molar-refractivity contribution in [2.75, 3.05) is 15.9 Å². The maximum absolute atomic E-state index is 12.8. The highest BCUT2D eigenvalue weighted by atomic mass is 35.5. The molecule has 148 valence electrons. The summed E-state index contributed by atoms with van der Waals surface area (Å²) in [5.74, 6) is -0.480. The van der Waals surface area contributed by atoms with Gasteiger partial charge >= 0.3 is 0 Å². The van der Waals surface area contributed by atoms with E-state index in [1.165, 1.54) is 18.2 Å². The third kappa shape index (κ3) is 5.38. The zero-order valence-electron chi connectivity index (χ0n) is 15.3. The minimum absolute atomic E-state index is 0.191. The average Bonchev–Trinajstić information content (AvgIpc) is 2.63. The number of nitriles is 1. The van der Waals surface area contributed by atoms with Crippen molar-refractivity contribution in [3.8, 4) is 6.07 Å². The normalized spacial score (nSPS) is 12.1. The summed E-state index contributed by atoms with van der Waals surface area (Å²) >= 11 is 11.9. The van der Waals surface area contributed by atoms with Gasteiger partial charge in [-0.3, -0.25) is 9.10 Å². The molecule has 9 heteroatoms. The highest BCUT2D eigenvalue weighted by molar-refractivity contribution is 7.92. The summed E-state index contributed by atoms with van der Waals surface area (Å²) in [4.78, 5) is 12.8. The molecule has 2 rings (SSSR count). The molecule has 0 fully saturated rings. The van der Waals surface area contributed by atoms with Crippen molar-refractivity contribution in [3.05, 3.63) is 58.1 Å². The summed E-state index contributed by atoms with van der Waals surface area (Å²) in [5, 5.41) is 11.9. The SMILES string of the molecule is CC[C@H](C(=O)Nc1ccc(CC#N)cc1)N(c1ccc(Cl)c(Cl)c1)S(C)(=O)=O. The molecule has 0 heterocycles. The van der Waals surface area contributed by atoms with Gasteiger partial charge in [-0.15, -0.1) is 0 Å². The van der Waals surface area contributed by atoms with Crippen LogP contribution in [0.2, 0.25) is 10.0 Å². The molecule has 28 heavy (non-hydrogen) atoms. The van der Waals surface area contributed by atoms with E-state index in [4.69, 9.17) is 28.5 Å². The first-order valence-corrected chi connectivity index (χ1v) is 11.0. The molecule has 2 aromatic carbocycles. The molecule has 0 saturated heterocycles. The maximum atomic E-state index is 12.8. The largest absolute Gasteiger partial charge is 0.324 e. The molecule has 0 radical (unpaired) electrons. The van der Waals surface area contributed by atoms with E-state index in [2.05, 4.69) is 5.32 Å². The van der Waals surface area contributed by atoms with E-state index in [-0.39, 0.29) is 28.6 Å². The molecule has 0 saturated carbocycles. The Labute approximate surface area is 174 Å². The number of halogens is 2. The Hall–Kier alpha value is -2.27. The molecule has 0 aliphatic rings. The molecular weight excluding hydrogens is 421 g/mol. The molecule has 1 N–H and O–H groups in total. The second kappa shape index (κ2) is 9.28. The molecule has 2 aromatic rings. The van der Waals surface area contributed by atoms with Crippen molar-refractivity contribution in [2.45, 2.75) is 25.8 Å². The van der Waals surface area contributed by atoms with Gasteiger partial charge in [0, 0.05) is 5.69 Å². The van der Waals surface area contributed by atoms with Gasteiger partial charge in [0.05, 0.1) is 34.5 Å². The van der Waals surface area contributed by atoms with Gasteiger partial charge in [0.15, 0.2) is 0 Å². The number of benzene rings is 2. The van der Waals surface area contributed by atoms with E-state index < -0.39 is 22.0 Å². The van der Waals surface area contributed by atoms with Gasteiger partial charge in [-0.05, 0) is 42.3 Å². The Bertz CT molecular complexity index is 1000. The van der Waals surface area contributed by atoms with Crippen molar-refractivity contribution >= 4 is 50.5 Å². The van der Waals surface area contributed by atoms with Crippen LogP contribution in [0.15, 0.2) is 42.5 Å². The third-order valence-corrected chi connectivity index (χ3v) is 5.91. The molecule has 1 atom stereocenters. The van der Waals surface area contributed by atoms with Crippen LogP contribution in [0.25, 0.3) is 0 Å². The molecule has 0 aliphatic carbocycles. The van der Waals surface area contributed by atoms with Crippen molar-refractivity contribution in [1.29, 1.82) is 5.26 Å². The summed E-state index contributed by atoms with van der Waals surface area (Å²) in [6.45, 7) is 1.72. The van der Waals surface area contributed by atoms with Crippen LogP contribution in [0.1, 0.15) is 18.9 Å². The van der Waals surface area contributed by atoms with Crippen LogP contribution in [0.5, 0.6) is 0 Å². The Morgan fingerprint density at radius 2 is 1.82 bits per heavy atom. The third-order valence-electron chi connectivity index (χ3n) is 3.99. The predicted octanol–water partition coefficient (Wildman–Crippen LogP) is 4.24. The van der Waals surface area contributed by atoms with Gasteiger partial charge in [0.1, 0.15) is 6.04 Å². The highest BCUT2D eigenvalue weighted by Gasteiger charge is 2.31. The number of hydrogen-bond donors (Lipinski definition) is 1. The molecular formula is C19H19Cl2N3O3S. The number of nitrogens with one attached hydrogen (secondary N) is 1. The Morgan fingerprint density at radius 3 is 2.32 bits per heavy atom. The topological polar surface area (TPSA) is 90.3 Å². The van der Waals surface area contributed by atoms with Crippen LogP contribution >= 0.6 is 23.2 Å². The van der Waals surface area contributed by atoms with E-state index >= 15 is 0 Å². The second-order valence-electron chi connectivity index (χ2n) is 6.10. The van der Waals surface area contributed by atoms with Crippen molar-refractivity contribution < 1.29 is 13.2 Å². The molecule has 0 aromatic heterocycles. The van der Waals surface area contributed by atoms with Gasteiger partial charge < -0.3 is 5.32 Å². The number of amides is 1. The second-order valence-corrected chi connectivity index (χ2v) is 8.78. The van der Waals surface area contributed by atoms with Crippen molar-refractivity contribution in [2.24, 2.45) is 0 Å². The van der Waals surface area contributed by atoms with E-state index in [0.29, 0.717) is 5.69 Å². The monoisotopic (exact) mass is 439 g/mol. The van der Waals surface area contributed by atoms with Gasteiger partial charge in [-0.1, -0.05) is 42.3 Å². The van der Waals surface area contributed by atoms with Crippen LogP contribution in [0.3, 0.4) is 0 Å². The number of hydrogen-bond acceptors (Lipinski definition) is 4. The number of carbonyl (C=O) groups excluding carboxylic acids is 1. The lowest BCUT2D eigenvalue weighted by molar-refractivity contribution is -0.117. The number of rotatable bonds is 7. The standard InChI is InChI=1S/C19H19Cl2N3O3S/c1-3-18(19(25)23-14-6-4-13(5-7-14)10-11-22)24(28(2,26)27)15-8-9-16(20)17(21)12-15/h4-9,12,18H,3,10H2,1-2H3,(H,23,25)/t18-/m1/s1. The van der Waals surface area contributed by atoms with Gasteiger partial charge in [-0.2, -0.15) is 5.26 Å². The molecule has 0 bridgehead atoms. The van der Waals surface area contributed by atoms with Crippen LogP contribution in [-0.2, 0) is 21.2 Å². The highest BCUT2D eigenvalue weighted by Crippen LogP contribution is 2.30. The van der Waals surface area contributed by atoms with Crippen molar-refractivity contribution in [1.82, 2.24) is 0 Å². The zero-order chi connectivity index (χ0) is 20.9. The van der Waals surface area contributed by atoms with E-state index in [1.54, 1.807) is 31.2 Å². The van der Waals surface area contributed by atoms with Gasteiger partial charge in [0.2, 0.25) is 15.9 Å². The maximum Gasteiger partial charge on any atom is 0.248 e. The summed E-state index contributed by atoms with van der Waals surface area (Å²) < 4.78 is 25.9. The smallest absolute Gasteiger partial charge is 0.248 e. The first kappa shape index (κ1) is 22.0. The van der Waals surface area contributed by atoms with E-state index in [0.717, 1.165) is 16.1 Å². The lowest BCUT2D eigenvalue weighted by atomic mass is 10.1. The van der Waals surface area contributed by atoms with E-state index in [9.17, 15) is 13.2 Å². The van der Waals surface area contributed by atoms with Crippen molar-refractivity contribution in [3.63, 3.8) is 0 Å². The molecule has 0 aliphatic heterocycles. The average molecular weight is 440 g/mol. The fourth-order valence-corrected chi connectivity index (χ4v) is 4.20. The Morgan fingerprint density at radius 1 is 1.18 bits per heavy atom. The van der Waals surface area contributed by atoms with Crippen LogP contribution in [0, 0.1) is 11.3 Å².